The zero-order chi connectivity index (χ0) is 17.1. The topological polar surface area (TPSA) is 49.4 Å². The van der Waals surface area contributed by atoms with Gasteiger partial charge in [-0.3, -0.25) is 9.59 Å². The molecule has 1 aliphatic rings. The summed E-state index contributed by atoms with van der Waals surface area (Å²) in [7, 11) is 0. The van der Waals surface area contributed by atoms with Crippen molar-refractivity contribution in [1.29, 1.82) is 0 Å². The molecule has 1 N–H and O–H groups in total. The molecule has 124 valence electrons. The van der Waals surface area contributed by atoms with Crippen LogP contribution in [0.5, 0.6) is 0 Å². The lowest BCUT2D eigenvalue weighted by atomic mass is 10.1. The van der Waals surface area contributed by atoms with Crippen LogP contribution in [0, 0.1) is 12.7 Å². The molecule has 0 spiro atoms. The van der Waals surface area contributed by atoms with E-state index in [0.717, 1.165) is 29.8 Å². The largest absolute Gasteiger partial charge is 0.325 e. The van der Waals surface area contributed by atoms with Gasteiger partial charge < -0.3 is 10.2 Å². The number of anilines is 2. The van der Waals surface area contributed by atoms with Gasteiger partial charge in [0.05, 0.1) is 6.42 Å². The summed E-state index contributed by atoms with van der Waals surface area (Å²) >= 11 is 0. The number of benzene rings is 2. The predicted octanol–water partition coefficient (Wildman–Crippen LogP) is 3.44. The normalized spacial score (nSPS) is 14.1. The molecular weight excluding hydrogens is 307 g/mol. The first-order chi connectivity index (χ1) is 11.5. The van der Waals surface area contributed by atoms with Gasteiger partial charge in [-0.25, -0.2) is 4.39 Å². The number of rotatable bonds is 4. The number of nitrogens with zero attached hydrogens (tertiary/aromatic N) is 1. The lowest BCUT2D eigenvalue weighted by Gasteiger charge is -2.16. The average molecular weight is 326 g/mol. The van der Waals surface area contributed by atoms with Crippen LogP contribution in [-0.2, 0) is 16.0 Å². The van der Waals surface area contributed by atoms with Crippen LogP contribution in [0.1, 0.15) is 24.0 Å². The number of hydrogen-bond donors (Lipinski definition) is 1. The van der Waals surface area contributed by atoms with Crippen molar-refractivity contribution in [2.24, 2.45) is 0 Å². The van der Waals surface area contributed by atoms with Gasteiger partial charge in [0.15, 0.2) is 0 Å². The maximum absolute atomic E-state index is 13.3. The monoisotopic (exact) mass is 326 g/mol. The lowest BCUT2D eigenvalue weighted by Crippen LogP contribution is -2.23. The van der Waals surface area contributed by atoms with E-state index in [1.54, 1.807) is 11.0 Å². The minimum Gasteiger partial charge on any atom is -0.325 e. The summed E-state index contributed by atoms with van der Waals surface area (Å²) in [5, 5.41) is 2.73. The second-order valence-corrected chi connectivity index (χ2v) is 6.00. The molecule has 1 saturated heterocycles. The van der Waals surface area contributed by atoms with Gasteiger partial charge in [0, 0.05) is 24.3 Å². The van der Waals surface area contributed by atoms with Gasteiger partial charge in [-0.2, -0.15) is 0 Å². The summed E-state index contributed by atoms with van der Waals surface area (Å²) in [6.45, 7) is 2.56. The predicted molar refractivity (Wildman–Crippen MR) is 91.5 cm³/mol. The third kappa shape index (κ3) is 3.62. The standard InChI is InChI=1S/C19H19FN2O2/c1-13-4-7-15(20)12-17(13)21-18(23)11-14-5-8-16(9-6-14)22-10-2-3-19(22)24/h4-9,12H,2-3,10-11H2,1H3,(H,21,23). The van der Waals surface area contributed by atoms with Crippen LogP contribution >= 0.6 is 0 Å². The van der Waals surface area contributed by atoms with E-state index in [-0.39, 0.29) is 24.1 Å². The highest BCUT2D eigenvalue weighted by molar-refractivity contribution is 5.95. The van der Waals surface area contributed by atoms with E-state index in [1.165, 1.54) is 12.1 Å². The third-order valence-corrected chi connectivity index (χ3v) is 4.16. The molecule has 2 aromatic rings. The van der Waals surface area contributed by atoms with E-state index >= 15 is 0 Å². The summed E-state index contributed by atoms with van der Waals surface area (Å²) < 4.78 is 13.3. The summed E-state index contributed by atoms with van der Waals surface area (Å²) in [6.07, 6.45) is 1.68. The first kappa shape index (κ1) is 16.2. The molecule has 0 radical (unpaired) electrons. The fourth-order valence-electron chi connectivity index (χ4n) is 2.82. The molecule has 1 heterocycles. The first-order valence-electron chi connectivity index (χ1n) is 7.98. The van der Waals surface area contributed by atoms with Crippen molar-refractivity contribution in [3.63, 3.8) is 0 Å². The van der Waals surface area contributed by atoms with E-state index in [4.69, 9.17) is 0 Å². The van der Waals surface area contributed by atoms with Crippen molar-refractivity contribution in [1.82, 2.24) is 0 Å². The Balaban J connectivity index is 1.64. The van der Waals surface area contributed by atoms with E-state index < -0.39 is 0 Å². The van der Waals surface area contributed by atoms with Crippen molar-refractivity contribution in [2.75, 3.05) is 16.8 Å². The molecule has 0 saturated carbocycles. The minimum absolute atomic E-state index is 0.141. The molecule has 2 aromatic carbocycles. The van der Waals surface area contributed by atoms with Gasteiger partial charge in [0.1, 0.15) is 5.82 Å². The number of nitrogens with one attached hydrogen (secondary N) is 1. The van der Waals surface area contributed by atoms with Gasteiger partial charge in [0.25, 0.3) is 0 Å². The van der Waals surface area contributed by atoms with Crippen LogP contribution < -0.4 is 10.2 Å². The van der Waals surface area contributed by atoms with Crippen LogP contribution in [-0.4, -0.2) is 18.4 Å². The molecule has 1 aliphatic heterocycles. The number of hydrogen-bond acceptors (Lipinski definition) is 2. The molecule has 0 aliphatic carbocycles. The van der Waals surface area contributed by atoms with Crippen LogP contribution in [0.2, 0.25) is 0 Å². The number of carbonyl (C=O) groups is 2. The van der Waals surface area contributed by atoms with Gasteiger partial charge >= 0.3 is 0 Å². The van der Waals surface area contributed by atoms with Crippen molar-refractivity contribution in [3.8, 4) is 0 Å². The smallest absolute Gasteiger partial charge is 0.228 e. The van der Waals surface area contributed by atoms with Crippen LogP contribution in [0.15, 0.2) is 42.5 Å². The Morgan fingerprint density at radius 2 is 1.96 bits per heavy atom. The number of halogens is 1. The molecular formula is C19H19FN2O2. The summed E-state index contributed by atoms with van der Waals surface area (Å²) in [5.74, 6) is -0.439. The second-order valence-electron chi connectivity index (χ2n) is 6.00. The van der Waals surface area contributed by atoms with Crippen molar-refractivity contribution in [3.05, 3.63) is 59.4 Å². The number of carbonyl (C=O) groups excluding carboxylic acids is 2. The van der Waals surface area contributed by atoms with Crippen LogP contribution in [0.4, 0.5) is 15.8 Å². The third-order valence-electron chi connectivity index (χ3n) is 4.16. The Bertz CT molecular complexity index is 771. The highest BCUT2D eigenvalue weighted by Crippen LogP contribution is 2.22. The Hall–Kier alpha value is -2.69. The van der Waals surface area contributed by atoms with Crippen molar-refractivity contribution >= 4 is 23.2 Å². The zero-order valence-corrected chi connectivity index (χ0v) is 13.5. The molecule has 5 heteroatoms. The van der Waals surface area contributed by atoms with E-state index in [2.05, 4.69) is 5.32 Å². The number of amides is 2. The molecule has 24 heavy (non-hydrogen) atoms. The molecule has 2 amide bonds. The Kier molecular flexibility index (Phi) is 4.60. The van der Waals surface area contributed by atoms with E-state index in [1.807, 2.05) is 31.2 Å². The second kappa shape index (κ2) is 6.83. The van der Waals surface area contributed by atoms with E-state index in [0.29, 0.717) is 12.1 Å². The molecule has 1 fully saturated rings. The molecule has 0 atom stereocenters. The number of aryl methyl sites for hydroxylation is 1. The van der Waals surface area contributed by atoms with E-state index in [9.17, 15) is 14.0 Å². The Morgan fingerprint density at radius 1 is 1.21 bits per heavy atom. The maximum atomic E-state index is 13.3. The Morgan fingerprint density at radius 3 is 2.62 bits per heavy atom. The van der Waals surface area contributed by atoms with Crippen molar-refractivity contribution < 1.29 is 14.0 Å². The molecule has 4 nitrogen and oxygen atoms in total. The zero-order valence-electron chi connectivity index (χ0n) is 13.5. The van der Waals surface area contributed by atoms with Gasteiger partial charge in [0.2, 0.25) is 11.8 Å². The molecule has 0 bridgehead atoms. The first-order valence-corrected chi connectivity index (χ1v) is 7.98. The lowest BCUT2D eigenvalue weighted by molar-refractivity contribution is -0.117. The summed E-state index contributed by atoms with van der Waals surface area (Å²) in [4.78, 5) is 25.6. The SMILES string of the molecule is Cc1ccc(F)cc1NC(=O)Cc1ccc(N2CCCC2=O)cc1. The fourth-order valence-corrected chi connectivity index (χ4v) is 2.82. The van der Waals surface area contributed by atoms with Crippen LogP contribution in [0.3, 0.4) is 0 Å². The highest BCUT2D eigenvalue weighted by Gasteiger charge is 2.21. The van der Waals surface area contributed by atoms with Gasteiger partial charge in [-0.05, 0) is 48.7 Å². The fraction of sp³-hybridized carbons (Fsp3) is 0.263. The van der Waals surface area contributed by atoms with Gasteiger partial charge in [-0.15, -0.1) is 0 Å². The highest BCUT2D eigenvalue weighted by atomic mass is 19.1. The van der Waals surface area contributed by atoms with Crippen LogP contribution in [0.25, 0.3) is 0 Å². The quantitative estimate of drug-likeness (QED) is 0.935. The average Bonchev–Trinajstić information content (AvgIpc) is 2.98. The van der Waals surface area contributed by atoms with Crippen molar-refractivity contribution in [2.45, 2.75) is 26.2 Å². The van der Waals surface area contributed by atoms with Gasteiger partial charge in [-0.1, -0.05) is 18.2 Å². The Labute approximate surface area is 140 Å². The maximum Gasteiger partial charge on any atom is 0.228 e. The molecule has 0 aromatic heterocycles. The summed E-state index contributed by atoms with van der Waals surface area (Å²) in [6, 6.07) is 11.7. The molecule has 3 rings (SSSR count). The molecule has 0 unspecified atom stereocenters. The minimum atomic E-state index is -0.379. The summed E-state index contributed by atoms with van der Waals surface area (Å²) in [5.41, 5.74) is 3.01.